The monoisotopic (exact) mass is 217 g/mol. The molecule has 1 aliphatic heterocycles. The summed E-state index contributed by atoms with van der Waals surface area (Å²) in [6, 6.07) is 0. The minimum absolute atomic E-state index is 0.539. The van der Waals surface area contributed by atoms with E-state index in [-0.39, 0.29) is 0 Å². The summed E-state index contributed by atoms with van der Waals surface area (Å²) in [4.78, 5) is 1.84. The van der Waals surface area contributed by atoms with Crippen LogP contribution in [-0.2, 0) is 0 Å². The van der Waals surface area contributed by atoms with Gasteiger partial charge in [-0.1, -0.05) is 0 Å². The molecule has 0 radical (unpaired) electrons. The van der Waals surface area contributed by atoms with Crippen molar-refractivity contribution in [3.63, 3.8) is 0 Å². The van der Waals surface area contributed by atoms with E-state index in [1.807, 2.05) is 30.8 Å². The van der Waals surface area contributed by atoms with Gasteiger partial charge < -0.3 is 4.90 Å². The molecule has 1 N–H and O–H groups in total. The molecule has 5 heteroatoms. The van der Waals surface area contributed by atoms with Crippen LogP contribution < -0.4 is 5.43 Å². The van der Waals surface area contributed by atoms with Crippen LogP contribution in [-0.4, -0.2) is 40.8 Å². The van der Waals surface area contributed by atoms with Crippen molar-refractivity contribution >= 4 is 34.8 Å². The summed E-state index contributed by atoms with van der Waals surface area (Å²) in [6.45, 7) is 2.18. The third-order valence-corrected chi connectivity index (χ3v) is 3.56. The van der Waals surface area contributed by atoms with E-state index in [1.165, 1.54) is 11.5 Å². The van der Waals surface area contributed by atoms with Gasteiger partial charge in [0.15, 0.2) is 5.11 Å². The Labute approximate surface area is 88.9 Å². The van der Waals surface area contributed by atoms with Crippen LogP contribution in [0.5, 0.6) is 0 Å². The van der Waals surface area contributed by atoms with Crippen molar-refractivity contribution in [1.29, 1.82) is 0 Å². The summed E-state index contributed by atoms with van der Waals surface area (Å²) >= 11 is 6.99. The van der Waals surface area contributed by atoms with Crippen molar-refractivity contribution < 1.29 is 0 Å². The molecule has 1 fully saturated rings. The fourth-order valence-electron chi connectivity index (χ4n) is 1.01. The SMILES string of the molecule is CC1SCC/C1=N\NC(=S)N(C)C. The maximum atomic E-state index is 5.05. The molecule has 0 aromatic rings. The average molecular weight is 217 g/mol. The van der Waals surface area contributed by atoms with Gasteiger partial charge in [0.05, 0.1) is 5.71 Å². The average Bonchev–Trinajstić information content (AvgIpc) is 2.47. The fraction of sp³-hybridized carbons (Fsp3) is 0.750. The minimum atomic E-state index is 0.539. The molecule has 1 aliphatic rings. The normalized spacial score (nSPS) is 24.8. The summed E-state index contributed by atoms with van der Waals surface area (Å²) in [5.74, 6) is 1.18. The summed E-state index contributed by atoms with van der Waals surface area (Å²) in [5.41, 5.74) is 4.10. The van der Waals surface area contributed by atoms with E-state index in [0.29, 0.717) is 10.4 Å². The van der Waals surface area contributed by atoms with Crippen LogP contribution in [0.1, 0.15) is 13.3 Å². The highest BCUT2D eigenvalue weighted by atomic mass is 32.2. The maximum Gasteiger partial charge on any atom is 0.189 e. The third kappa shape index (κ3) is 3.15. The standard InChI is InChI=1S/C8H15N3S2/c1-6-7(4-5-13-6)9-10-8(12)11(2)3/h6H,4-5H2,1-3H3,(H,10,12)/b9-7+. The Morgan fingerprint density at radius 1 is 1.69 bits per heavy atom. The maximum absolute atomic E-state index is 5.05. The number of rotatable bonds is 1. The van der Waals surface area contributed by atoms with E-state index in [4.69, 9.17) is 12.2 Å². The Morgan fingerprint density at radius 3 is 2.85 bits per heavy atom. The molecular weight excluding hydrogens is 202 g/mol. The molecule has 1 saturated heterocycles. The Kier molecular flexibility index (Phi) is 3.99. The number of hydrogen-bond donors (Lipinski definition) is 1. The van der Waals surface area contributed by atoms with E-state index < -0.39 is 0 Å². The van der Waals surface area contributed by atoms with Crippen LogP contribution in [0.4, 0.5) is 0 Å². The first-order valence-electron chi connectivity index (χ1n) is 4.26. The van der Waals surface area contributed by atoms with Gasteiger partial charge in [-0.2, -0.15) is 16.9 Å². The molecular formula is C8H15N3S2. The van der Waals surface area contributed by atoms with Gasteiger partial charge in [-0.25, -0.2) is 0 Å². The largest absolute Gasteiger partial charge is 0.354 e. The quantitative estimate of drug-likeness (QED) is 0.529. The number of nitrogens with one attached hydrogen (secondary N) is 1. The van der Waals surface area contributed by atoms with Gasteiger partial charge in [-0.05, 0) is 31.3 Å². The lowest BCUT2D eigenvalue weighted by atomic mass is 10.2. The molecule has 0 amide bonds. The molecule has 1 heterocycles. The first-order valence-corrected chi connectivity index (χ1v) is 5.72. The van der Waals surface area contributed by atoms with E-state index in [0.717, 1.165) is 6.42 Å². The van der Waals surface area contributed by atoms with Gasteiger partial charge in [0.25, 0.3) is 0 Å². The molecule has 1 atom stereocenters. The van der Waals surface area contributed by atoms with Crippen molar-refractivity contribution in [3.8, 4) is 0 Å². The van der Waals surface area contributed by atoms with Crippen LogP contribution >= 0.6 is 24.0 Å². The topological polar surface area (TPSA) is 27.6 Å². The Balaban J connectivity index is 2.43. The summed E-state index contributed by atoms with van der Waals surface area (Å²) < 4.78 is 0. The van der Waals surface area contributed by atoms with Crippen LogP contribution in [0.25, 0.3) is 0 Å². The van der Waals surface area contributed by atoms with Gasteiger partial charge >= 0.3 is 0 Å². The van der Waals surface area contributed by atoms with Crippen LogP contribution in [0.2, 0.25) is 0 Å². The highest BCUT2D eigenvalue weighted by molar-refractivity contribution is 8.01. The Bertz CT molecular complexity index is 225. The van der Waals surface area contributed by atoms with E-state index in [2.05, 4.69) is 17.5 Å². The number of nitrogens with zero attached hydrogens (tertiary/aromatic N) is 2. The molecule has 0 aliphatic carbocycles. The van der Waals surface area contributed by atoms with Crippen molar-refractivity contribution in [3.05, 3.63) is 0 Å². The number of hydrazone groups is 1. The van der Waals surface area contributed by atoms with Gasteiger partial charge in [0.2, 0.25) is 0 Å². The predicted molar refractivity (Wildman–Crippen MR) is 63.4 cm³/mol. The lowest BCUT2D eigenvalue weighted by Gasteiger charge is -2.13. The first kappa shape index (κ1) is 10.8. The zero-order chi connectivity index (χ0) is 9.84. The van der Waals surface area contributed by atoms with Gasteiger partial charge in [-0.15, -0.1) is 0 Å². The van der Waals surface area contributed by atoms with Crippen molar-refractivity contribution in [2.45, 2.75) is 18.6 Å². The molecule has 0 spiro atoms. The summed E-state index contributed by atoms with van der Waals surface area (Å²) in [7, 11) is 3.81. The fourth-order valence-corrected chi connectivity index (χ4v) is 2.10. The van der Waals surface area contributed by atoms with E-state index in [1.54, 1.807) is 0 Å². The molecule has 1 unspecified atom stereocenters. The summed E-state index contributed by atoms with van der Waals surface area (Å²) in [6.07, 6.45) is 1.08. The second kappa shape index (κ2) is 4.81. The molecule has 1 rings (SSSR count). The van der Waals surface area contributed by atoms with Crippen LogP contribution in [0.3, 0.4) is 0 Å². The van der Waals surface area contributed by atoms with Crippen molar-refractivity contribution in [1.82, 2.24) is 10.3 Å². The molecule has 0 saturated carbocycles. The molecule has 0 aromatic carbocycles. The van der Waals surface area contributed by atoms with E-state index >= 15 is 0 Å². The van der Waals surface area contributed by atoms with Gasteiger partial charge in [0.1, 0.15) is 0 Å². The molecule has 0 aromatic heterocycles. The lowest BCUT2D eigenvalue weighted by molar-refractivity contribution is 0.605. The van der Waals surface area contributed by atoms with Gasteiger partial charge in [0, 0.05) is 19.3 Å². The van der Waals surface area contributed by atoms with Crippen molar-refractivity contribution in [2.75, 3.05) is 19.8 Å². The predicted octanol–water partition coefficient (Wildman–Crippen LogP) is 1.30. The van der Waals surface area contributed by atoms with Crippen LogP contribution in [0, 0.1) is 0 Å². The molecule has 13 heavy (non-hydrogen) atoms. The number of thioether (sulfide) groups is 1. The Hall–Kier alpha value is -0.290. The highest BCUT2D eigenvalue weighted by Gasteiger charge is 2.18. The smallest absolute Gasteiger partial charge is 0.189 e. The Morgan fingerprint density at radius 2 is 2.38 bits per heavy atom. The third-order valence-electron chi connectivity index (χ3n) is 1.90. The van der Waals surface area contributed by atoms with E-state index in [9.17, 15) is 0 Å². The van der Waals surface area contributed by atoms with Crippen LogP contribution in [0.15, 0.2) is 5.10 Å². The zero-order valence-corrected chi connectivity index (χ0v) is 9.84. The first-order chi connectivity index (χ1) is 6.11. The number of hydrogen-bond acceptors (Lipinski definition) is 3. The second-order valence-corrected chi connectivity index (χ2v) is 5.01. The summed E-state index contributed by atoms with van der Waals surface area (Å²) in [5, 5.41) is 5.49. The van der Waals surface area contributed by atoms with Crippen molar-refractivity contribution in [2.24, 2.45) is 5.10 Å². The number of thiocarbonyl (C=S) groups is 1. The molecule has 0 bridgehead atoms. The molecule has 74 valence electrons. The minimum Gasteiger partial charge on any atom is -0.354 e. The lowest BCUT2D eigenvalue weighted by Crippen LogP contribution is -2.32. The second-order valence-electron chi connectivity index (χ2n) is 3.18. The molecule has 3 nitrogen and oxygen atoms in total. The van der Waals surface area contributed by atoms with Gasteiger partial charge in [-0.3, -0.25) is 5.43 Å². The highest BCUT2D eigenvalue weighted by Crippen LogP contribution is 2.22. The zero-order valence-electron chi connectivity index (χ0n) is 8.20.